The molecule has 3 saturated carbocycles. The average molecular weight is 488 g/mol. The number of nitrogens with one attached hydrogen (secondary N) is 3. The van der Waals surface area contributed by atoms with Crippen molar-refractivity contribution in [2.75, 3.05) is 0 Å². The lowest BCUT2D eigenvalue weighted by Gasteiger charge is -2.11. The lowest BCUT2D eigenvalue weighted by molar-refractivity contribution is 0.542. The quantitative estimate of drug-likeness (QED) is 0.305. The van der Waals surface area contributed by atoms with Crippen LogP contribution in [0.25, 0.3) is 33.6 Å². The molecule has 2 aromatic carbocycles. The third kappa shape index (κ3) is 3.47. The first-order valence-corrected chi connectivity index (χ1v) is 14.4. The molecule has 1 aliphatic heterocycles. The molecule has 5 heteroatoms. The summed E-state index contributed by atoms with van der Waals surface area (Å²) in [6, 6.07) is 17.1. The summed E-state index contributed by atoms with van der Waals surface area (Å²) in [6.45, 7) is 0. The van der Waals surface area contributed by atoms with Gasteiger partial charge in [0.2, 0.25) is 0 Å². The maximum Gasteiger partial charge on any atom is 0.124 e. The first-order valence-electron chi connectivity index (χ1n) is 14.4. The van der Waals surface area contributed by atoms with Gasteiger partial charge in [0, 0.05) is 23.2 Å². The van der Waals surface area contributed by atoms with Crippen molar-refractivity contribution in [3.05, 3.63) is 71.6 Å². The number of nitrogens with zero attached hydrogens (tertiary/aromatic N) is 2. The van der Waals surface area contributed by atoms with Crippen molar-refractivity contribution in [1.29, 1.82) is 0 Å². The number of piperidine rings is 1. The molecule has 5 aliphatic rings. The Morgan fingerprint density at radius 1 is 0.730 bits per heavy atom. The smallest absolute Gasteiger partial charge is 0.124 e. The van der Waals surface area contributed by atoms with Crippen molar-refractivity contribution in [2.24, 2.45) is 17.8 Å². The first-order chi connectivity index (χ1) is 18.2. The van der Waals surface area contributed by atoms with E-state index >= 15 is 0 Å². The van der Waals surface area contributed by atoms with E-state index < -0.39 is 0 Å². The summed E-state index contributed by atoms with van der Waals surface area (Å²) in [5, 5.41) is 3.76. The number of rotatable bonds is 4. The number of hydrogen-bond donors (Lipinski definition) is 3. The van der Waals surface area contributed by atoms with Crippen molar-refractivity contribution in [3.8, 4) is 33.6 Å². The molecule has 9 rings (SSSR count). The molecule has 37 heavy (non-hydrogen) atoms. The summed E-state index contributed by atoms with van der Waals surface area (Å²) in [5.74, 6) is 5.83. The van der Waals surface area contributed by atoms with Gasteiger partial charge in [0.15, 0.2) is 0 Å². The number of aromatic amines is 2. The van der Waals surface area contributed by atoms with E-state index in [9.17, 15) is 0 Å². The maximum absolute atomic E-state index is 5.15. The minimum atomic E-state index is 0.409. The highest BCUT2D eigenvalue weighted by molar-refractivity contribution is 5.75. The summed E-state index contributed by atoms with van der Waals surface area (Å²) < 4.78 is 0. The molecule has 186 valence electrons. The molecule has 1 unspecified atom stereocenters. The summed E-state index contributed by atoms with van der Waals surface area (Å²) in [4.78, 5) is 17.2. The molecule has 4 fully saturated rings. The molecule has 0 amide bonds. The zero-order valence-corrected chi connectivity index (χ0v) is 21.1. The number of H-pyrrole nitrogens is 2. The van der Waals surface area contributed by atoms with Gasteiger partial charge in [0.1, 0.15) is 11.6 Å². The van der Waals surface area contributed by atoms with E-state index in [1.165, 1.54) is 77.1 Å². The van der Waals surface area contributed by atoms with Crippen LogP contribution in [0.5, 0.6) is 0 Å². The van der Waals surface area contributed by atoms with E-state index in [-0.39, 0.29) is 0 Å². The number of imidazole rings is 2. The highest BCUT2D eigenvalue weighted by Crippen LogP contribution is 2.57. The molecule has 0 spiro atoms. The highest BCUT2D eigenvalue weighted by Gasteiger charge is 2.47. The first kappa shape index (κ1) is 20.8. The van der Waals surface area contributed by atoms with E-state index in [4.69, 9.17) is 9.97 Å². The van der Waals surface area contributed by atoms with E-state index in [1.807, 2.05) is 6.20 Å². The molecule has 5 nitrogen and oxygen atoms in total. The van der Waals surface area contributed by atoms with Gasteiger partial charge < -0.3 is 15.3 Å². The monoisotopic (exact) mass is 487 g/mol. The standard InChI is InChI=1S/C32H33N5/c1-2-20-10-19(8-9-25(20)30-26(3-1)35-32(37-30)28-15-23-14-27(23)34-28)17-4-6-18(7-5-17)29-16-33-31(36-29)24-12-21-11-22(21)13-24/h4-10,16,21-24,27-28,34H,1-3,11-15H2,(H,33,36)(H,35,37)/t21-,22+,23-,24?,27-,28+/m1/s1. The molecular formula is C32H33N5. The second-order valence-electron chi connectivity index (χ2n) is 12.4. The Labute approximate surface area is 217 Å². The predicted octanol–water partition coefficient (Wildman–Crippen LogP) is 6.56. The second-order valence-corrected chi connectivity index (χ2v) is 12.4. The minimum Gasteiger partial charge on any atom is -0.344 e. The molecule has 2 aromatic heterocycles. The lowest BCUT2D eigenvalue weighted by atomic mass is 9.95. The fourth-order valence-corrected chi connectivity index (χ4v) is 7.67. The maximum atomic E-state index is 5.15. The van der Waals surface area contributed by atoms with E-state index in [1.54, 1.807) is 0 Å². The Bertz CT molecular complexity index is 1490. The summed E-state index contributed by atoms with van der Waals surface area (Å²) >= 11 is 0. The van der Waals surface area contributed by atoms with Crippen LogP contribution in [0.2, 0.25) is 0 Å². The SMILES string of the molecule is c1cc(-c2cnc(C3C[C@@H]4C[C@@H]4C3)[nH]2)ccc1-c1ccc2c(c1)CCCc1[nH]c([C@@H]3C[C@H]4C[C@H]4N3)nc1-2. The predicted molar refractivity (Wildman–Crippen MR) is 145 cm³/mol. The van der Waals surface area contributed by atoms with Gasteiger partial charge in [-0.25, -0.2) is 9.97 Å². The fraction of sp³-hybridized carbons (Fsp3) is 0.438. The second kappa shape index (κ2) is 7.67. The Morgan fingerprint density at radius 2 is 1.57 bits per heavy atom. The number of benzene rings is 2. The van der Waals surface area contributed by atoms with Crippen LogP contribution in [-0.4, -0.2) is 26.0 Å². The Morgan fingerprint density at radius 3 is 2.41 bits per heavy atom. The Hall–Kier alpha value is -3.18. The Kier molecular flexibility index (Phi) is 4.32. The number of aryl methyl sites for hydroxylation is 2. The van der Waals surface area contributed by atoms with Crippen molar-refractivity contribution in [1.82, 2.24) is 25.3 Å². The van der Waals surface area contributed by atoms with Crippen LogP contribution in [0.4, 0.5) is 0 Å². The van der Waals surface area contributed by atoms with Crippen LogP contribution in [0.15, 0.2) is 48.7 Å². The number of hydrogen-bond acceptors (Lipinski definition) is 3. The zero-order valence-electron chi connectivity index (χ0n) is 21.1. The molecule has 1 saturated heterocycles. The van der Waals surface area contributed by atoms with Gasteiger partial charge in [-0.2, -0.15) is 0 Å². The largest absolute Gasteiger partial charge is 0.344 e. The van der Waals surface area contributed by atoms with Gasteiger partial charge >= 0.3 is 0 Å². The van der Waals surface area contributed by atoms with Crippen molar-refractivity contribution >= 4 is 0 Å². The Balaban J connectivity index is 0.975. The van der Waals surface area contributed by atoms with Crippen LogP contribution in [0.3, 0.4) is 0 Å². The molecule has 3 heterocycles. The van der Waals surface area contributed by atoms with Crippen molar-refractivity contribution in [3.63, 3.8) is 0 Å². The topological polar surface area (TPSA) is 69.4 Å². The summed E-state index contributed by atoms with van der Waals surface area (Å²) in [6.07, 6.45) is 12.1. The summed E-state index contributed by atoms with van der Waals surface area (Å²) in [7, 11) is 0. The van der Waals surface area contributed by atoms with Crippen molar-refractivity contribution in [2.45, 2.75) is 69.4 Å². The zero-order chi connectivity index (χ0) is 24.1. The highest BCUT2D eigenvalue weighted by atomic mass is 15.1. The van der Waals surface area contributed by atoms with Crippen LogP contribution in [0.1, 0.15) is 73.4 Å². The van der Waals surface area contributed by atoms with Gasteiger partial charge in [-0.05, 0) is 91.4 Å². The molecule has 0 radical (unpaired) electrons. The lowest BCUT2D eigenvalue weighted by Crippen LogP contribution is -2.18. The fourth-order valence-electron chi connectivity index (χ4n) is 7.67. The minimum absolute atomic E-state index is 0.409. The van der Waals surface area contributed by atoms with Crippen LogP contribution >= 0.6 is 0 Å². The van der Waals surface area contributed by atoms with Gasteiger partial charge in [-0.15, -0.1) is 0 Å². The molecule has 6 atom stereocenters. The van der Waals surface area contributed by atoms with Crippen LogP contribution < -0.4 is 5.32 Å². The average Bonchev–Trinajstić information content (AvgIpc) is 3.52. The third-order valence-electron chi connectivity index (χ3n) is 9.99. The molecule has 3 N–H and O–H groups in total. The summed E-state index contributed by atoms with van der Waals surface area (Å²) in [5.41, 5.74) is 10.2. The van der Waals surface area contributed by atoms with Gasteiger partial charge in [0.25, 0.3) is 0 Å². The molecular weight excluding hydrogens is 454 g/mol. The van der Waals surface area contributed by atoms with Gasteiger partial charge in [-0.3, -0.25) is 0 Å². The normalized spacial score (nSPS) is 30.8. The van der Waals surface area contributed by atoms with Crippen molar-refractivity contribution < 1.29 is 0 Å². The number of fused-ring (bicyclic) bond motifs is 5. The van der Waals surface area contributed by atoms with E-state index in [0.29, 0.717) is 12.0 Å². The van der Waals surface area contributed by atoms with E-state index in [2.05, 4.69) is 57.7 Å². The number of aromatic nitrogens is 4. The molecule has 4 aliphatic carbocycles. The third-order valence-corrected chi connectivity index (χ3v) is 9.99. The van der Waals surface area contributed by atoms with Crippen LogP contribution in [-0.2, 0) is 12.8 Å². The van der Waals surface area contributed by atoms with Crippen LogP contribution in [0, 0.1) is 17.8 Å². The van der Waals surface area contributed by atoms with Gasteiger partial charge in [0.05, 0.1) is 23.6 Å². The van der Waals surface area contributed by atoms with Gasteiger partial charge in [-0.1, -0.05) is 42.5 Å². The molecule has 4 aromatic rings. The molecule has 0 bridgehead atoms. The van der Waals surface area contributed by atoms with E-state index in [0.717, 1.165) is 54.6 Å².